The van der Waals surface area contributed by atoms with E-state index in [1.54, 1.807) is 12.1 Å². The van der Waals surface area contributed by atoms with Gasteiger partial charge in [-0.05, 0) is 47.7 Å². The van der Waals surface area contributed by atoms with Crippen LogP contribution in [0.5, 0.6) is 0 Å². The van der Waals surface area contributed by atoms with E-state index in [0.29, 0.717) is 18.7 Å². The first kappa shape index (κ1) is 18.9. The SMILES string of the molecule is CCc1ccccc1NC(=O)c1cc(C(=O)N2CCc3ccccc3C2)ccn1. The number of aromatic nitrogens is 1. The second kappa shape index (κ2) is 8.27. The summed E-state index contributed by atoms with van der Waals surface area (Å²) in [6.45, 7) is 3.30. The van der Waals surface area contributed by atoms with E-state index < -0.39 is 0 Å². The van der Waals surface area contributed by atoms with E-state index in [0.717, 1.165) is 24.1 Å². The minimum Gasteiger partial charge on any atom is -0.334 e. The molecule has 1 aliphatic heterocycles. The molecule has 0 radical (unpaired) electrons. The molecule has 4 rings (SSSR count). The first-order chi connectivity index (χ1) is 14.2. The Labute approximate surface area is 170 Å². The number of rotatable bonds is 4. The molecule has 0 spiro atoms. The summed E-state index contributed by atoms with van der Waals surface area (Å²) in [7, 11) is 0. The fourth-order valence-electron chi connectivity index (χ4n) is 3.68. The van der Waals surface area contributed by atoms with E-state index in [-0.39, 0.29) is 17.5 Å². The zero-order chi connectivity index (χ0) is 20.2. The second-order valence-corrected chi connectivity index (χ2v) is 7.14. The van der Waals surface area contributed by atoms with Gasteiger partial charge in [0.05, 0.1) is 0 Å². The Morgan fingerprint density at radius 2 is 1.79 bits per heavy atom. The summed E-state index contributed by atoms with van der Waals surface area (Å²) in [5.41, 5.74) is 5.01. The maximum Gasteiger partial charge on any atom is 0.274 e. The monoisotopic (exact) mass is 385 g/mol. The van der Waals surface area contributed by atoms with Crippen molar-refractivity contribution in [3.8, 4) is 0 Å². The molecule has 2 heterocycles. The van der Waals surface area contributed by atoms with E-state index in [1.807, 2.05) is 48.2 Å². The molecule has 1 aliphatic rings. The highest BCUT2D eigenvalue weighted by molar-refractivity contribution is 6.05. The van der Waals surface area contributed by atoms with E-state index in [1.165, 1.54) is 17.3 Å². The second-order valence-electron chi connectivity index (χ2n) is 7.14. The van der Waals surface area contributed by atoms with Gasteiger partial charge < -0.3 is 10.2 Å². The Bertz CT molecular complexity index is 1060. The fourth-order valence-corrected chi connectivity index (χ4v) is 3.68. The largest absolute Gasteiger partial charge is 0.334 e. The van der Waals surface area contributed by atoms with Crippen LogP contribution in [0.15, 0.2) is 66.9 Å². The van der Waals surface area contributed by atoms with Crippen LogP contribution in [-0.2, 0) is 19.4 Å². The molecule has 0 saturated carbocycles. The smallest absolute Gasteiger partial charge is 0.274 e. The average molecular weight is 385 g/mol. The maximum absolute atomic E-state index is 13.0. The lowest BCUT2D eigenvalue weighted by molar-refractivity contribution is 0.0734. The van der Waals surface area contributed by atoms with Crippen molar-refractivity contribution in [3.05, 3.63) is 94.8 Å². The molecule has 5 nitrogen and oxygen atoms in total. The Morgan fingerprint density at radius 3 is 2.62 bits per heavy atom. The lowest BCUT2D eigenvalue weighted by Crippen LogP contribution is -2.36. The van der Waals surface area contributed by atoms with Gasteiger partial charge in [0.25, 0.3) is 11.8 Å². The quantitative estimate of drug-likeness (QED) is 0.736. The van der Waals surface area contributed by atoms with Crippen LogP contribution < -0.4 is 5.32 Å². The minimum absolute atomic E-state index is 0.0788. The van der Waals surface area contributed by atoms with Gasteiger partial charge in [-0.2, -0.15) is 0 Å². The van der Waals surface area contributed by atoms with E-state index in [4.69, 9.17) is 0 Å². The normalized spacial score (nSPS) is 12.9. The lowest BCUT2D eigenvalue weighted by atomic mass is 9.99. The number of carbonyl (C=O) groups is 2. The van der Waals surface area contributed by atoms with Crippen molar-refractivity contribution in [2.75, 3.05) is 11.9 Å². The number of para-hydroxylation sites is 1. The Morgan fingerprint density at radius 1 is 1.03 bits per heavy atom. The summed E-state index contributed by atoms with van der Waals surface area (Å²) in [6, 6.07) is 19.1. The molecule has 0 atom stereocenters. The molecule has 146 valence electrons. The number of anilines is 1. The number of nitrogens with one attached hydrogen (secondary N) is 1. The molecular formula is C24H23N3O2. The third-order valence-electron chi connectivity index (χ3n) is 5.30. The summed E-state index contributed by atoms with van der Waals surface area (Å²) in [6.07, 6.45) is 3.18. The summed E-state index contributed by atoms with van der Waals surface area (Å²) in [4.78, 5) is 31.7. The number of hydrogen-bond donors (Lipinski definition) is 1. The number of aryl methyl sites for hydroxylation is 1. The molecule has 5 heteroatoms. The first-order valence-electron chi connectivity index (χ1n) is 9.87. The minimum atomic E-state index is -0.315. The van der Waals surface area contributed by atoms with Gasteiger partial charge in [0, 0.05) is 30.5 Å². The third kappa shape index (κ3) is 4.04. The van der Waals surface area contributed by atoms with Crippen LogP contribution >= 0.6 is 0 Å². The summed E-state index contributed by atoms with van der Waals surface area (Å²) < 4.78 is 0. The van der Waals surface area contributed by atoms with Gasteiger partial charge in [0.15, 0.2) is 0 Å². The number of pyridine rings is 1. The van der Waals surface area contributed by atoms with Crippen molar-refractivity contribution >= 4 is 17.5 Å². The first-order valence-corrected chi connectivity index (χ1v) is 9.87. The molecule has 29 heavy (non-hydrogen) atoms. The van der Waals surface area contributed by atoms with E-state index >= 15 is 0 Å². The number of amides is 2. The highest BCUT2D eigenvalue weighted by Crippen LogP contribution is 2.21. The van der Waals surface area contributed by atoms with Crippen LogP contribution in [0, 0.1) is 0 Å². The molecule has 2 aromatic carbocycles. The predicted molar refractivity (Wildman–Crippen MR) is 113 cm³/mol. The topological polar surface area (TPSA) is 62.3 Å². The summed E-state index contributed by atoms with van der Waals surface area (Å²) in [5, 5.41) is 2.91. The average Bonchev–Trinajstić information content (AvgIpc) is 2.78. The molecule has 0 bridgehead atoms. The number of carbonyl (C=O) groups excluding carboxylic acids is 2. The Balaban J connectivity index is 1.51. The van der Waals surface area contributed by atoms with Crippen molar-refractivity contribution in [2.24, 2.45) is 0 Å². The molecular weight excluding hydrogens is 362 g/mol. The van der Waals surface area contributed by atoms with Crippen LogP contribution in [0.25, 0.3) is 0 Å². The molecule has 2 amide bonds. The van der Waals surface area contributed by atoms with Crippen LogP contribution in [-0.4, -0.2) is 28.2 Å². The Kier molecular flexibility index (Phi) is 5.38. The van der Waals surface area contributed by atoms with Crippen molar-refractivity contribution in [1.82, 2.24) is 9.88 Å². The van der Waals surface area contributed by atoms with Crippen LogP contribution in [0.4, 0.5) is 5.69 Å². The molecule has 1 aromatic heterocycles. The lowest BCUT2D eigenvalue weighted by Gasteiger charge is -2.29. The summed E-state index contributed by atoms with van der Waals surface area (Å²) in [5.74, 6) is -0.394. The van der Waals surface area contributed by atoms with Gasteiger partial charge in [-0.3, -0.25) is 14.6 Å². The predicted octanol–water partition coefficient (Wildman–Crippen LogP) is 4.09. The molecule has 0 aliphatic carbocycles. The van der Waals surface area contributed by atoms with Gasteiger partial charge in [-0.1, -0.05) is 49.4 Å². The van der Waals surface area contributed by atoms with Gasteiger partial charge >= 0.3 is 0 Å². The van der Waals surface area contributed by atoms with Crippen molar-refractivity contribution < 1.29 is 9.59 Å². The third-order valence-corrected chi connectivity index (χ3v) is 5.30. The zero-order valence-corrected chi connectivity index (χ0v) is 16.4. The number of nitrogens with zero attached hydrogens (tertiary/aromatic N) is 2. The van der Waals surface area contributed by atoms with Crippen molar-refractivity contribution in [3.63, 3.8) is 0 Å². The van der Waals surface area contributed by atoms with Gasteiger partial charge in [-0.25, -0.2) is 0 Å². The molecule has 0 fully saturated rings. The maximum atomic E-state index is 13.0. The van der Waals surface area contributed by atoms with E-state index in [9.17, 15) is 9.59 Å². The van der Waals surface area contributed by atoms with Crippen LogP contribution in [0.2, 0.25) is 0 Å². The van der Waals surface area contributed by atoms with Crippen LogP contribution in [0.3, 0.4) is 0 Å². The molecule has 0 saturated heterocycles. The standard InChI is InChI=1S/C24H23N3O2/c1-2-17-7-5-6-10-21(17)26-23(28)22-15-19(11-13-25-22)24(29)27-14-12-18-8-3-4-9-20(18)16-27/h3-11,13,15H,2,12,14,16H2,1H3,(H,26,28). The fraction of sp³-hybridized carbons (Fsp3) is 0.208. The van der Waals surface area contributed by atoms with Gasteiger partial charge in [-0.15, -0.1) is 0 Å². The van der Waals surface area contributed by atoms with Gasteiger partial charge in [0.1, 0.15) is 5.69 Å². The van der Waals surface area contributed by atoms with E-state index in [2.05, 4.69) is 22.4 Å². The highest BCUT2D eigenvalue weighted by Gasteiger charge is 2.22. The molecule has 1 N–H and O–H groups in total. The van der Waals surface area contributed by atoms with Crippen molar-refractivity contribution in [2.45, 2.75) is 26.3 Å². The molecule has 3 aromatic rings. The Hall–Kier alpha value is -3.47. The van der Waals surface area contributed by atoms with Crippen molar-refractivity contribution in [1.29, 1.82) is 0 Å². The highest BCUT2D eigenvalue weighted by atomic mass is 16.2. The zero-order valence-electron chi connectivity index (χ0n) is 16.4. The number of fused-ring (bicyclic) bond motifs is 1. The number of hydrogen-bond acceptors (Lipinski definition) is 3. The van der Waals surface area contributed by atoms with Gasteiger partial charge in [0.2, 0.25) is 0 Å². The summed E-state index contributed by atoms with van der Waals surface area (Å²) >= 11 is 0. The number of benzene rings is 2. The molecule has 0 unspecified atom stereocenters. The van der Waals surface area contributed by atoms with Crippen LogP contribution in [0.1, 0.15) is 44.5 Å².